The monoisotopic (exact) mass is 437 g/mol. The fourth-order valence-electron chi connectivity index (χ4n) is 3.98. The van der Waals surface area contributed by atoms with Crippen molar-refractivity contribution in [2.24, 2.45) is 0 Å². The molecule has 32 heavy (non-hydrogen) atoms. The molecule has 1 saturated heterocycles. The van der Waals surface area contributed by atoms with Crippen LogP contribution in [0.2, 0.25) is 0 Å². The normalized spacial score (nSPS) is 14.9. The van der Waals surface area contributed by atoms with Crippen molar-refractivity contribution in [3.63, 3.8) is 0 Å². The molecule has 0 spiro atoms. The Balaban J connectivity index is 1.56. The molecule has 3 heterocycles. The first-order chi connectivity index (χ1) is 15.6. The third-order valence-electron chi connectivity index (χ3n) is 5.76. The van der Waals surface area contributed by atoms with E-state index in [0.29, 0.717) is 18.7 Å². The van der Waals surface area contributed by atoms with Gasteiger partial charge in [-0.3, -0.25) is 14.1 Å². The molecule has 1 fully saturated rings. The summed E-state index contributed by atoms with van der Waals surface area (Å²) in [5.41, 5.74) is 3.24. The fraction of sp³-hybridized carbons (Fsp3) is 0.435. The average molecular weight is 438 g/mol. The van der Waals surface area contributed by atoms with Gasteiger partial charge in [-0.25, -0.2) is 9.97 Å². The number of nitrogens with one attached hydrogen (secondary N) is 1. The number of rotatable bonds is 8. The lowest BCUT2D eigenvalue weighted by atomic mass is 10.1. The maximum absolute atomic E-state index is 12.6. The van der Waals surface area contributed by atoms with Gasteiger partial charge in [0.05, 0.1) is 18.5 Å². The molecule has 4 rings (SSSR count). The summed E-state index contributed by atoms with van der Waals surface area (Å²) in [7, 11) is 3.96. The number of piperazine rings is 1. The number of anilines is 1. The van der Waals surface area contributed by atoms with E-state index < -0.39 is 0 Å². The van der Waals surface area contributed by atoms with Crippen LogP contribution < -0.4 is 10.2 Å². The summed E-state index contributed by atoms with van der Waals surface area (Å²) < 4.78 is 2.03. The molecule has 1 aliphatic rings. The second-order valence-electron chi connectivity index (χ2n) is 8.28. The second-order valence-corrected chi connectivity index (χ2v) is 8.28. The molecule has 0 bridgehead atoms. The van der Waals surface area contributed by atoms with E-state index in [4.69, 9.17) is 10.1 Å². The number of aromatic nitrogens is 3. The molecule has 0 atom stereocenters. The molecule has 170 valence electrons. The molecular weight excluding hydrogens is 406 g/mol. The number of hydrogen-bond donors (Lipinski definition) is 2. The van der Waals surface area contributed by atoms with Crippen molar-refractivity contribution in [3.8, 4) is 11.3 Å². The minimum Gasteiger partial charge on any atom is -0.395 e. The van der Waals surface area contributed by atoms with Crippen molar-refractivity contribution in [1.29, 1.82) is 0 Å². The SMILES string of the molecule is CN(C)CCNC(=O)c1cccc(-c2cnc(N3CCN(CCO)CC3)c3nccn23)c1. The summed E-state index contributed by atoms with van der Waals surface area (Å²) in [5, 5.41) is 12.1. The second kappa shape index (κ2) is 10.1. The molecule has 1 aromatic carbocycles. The van der Waals surface area contributed by atoms with Gasteiger partial charge < -0.3 is 20.2 Å². The molecule has 9 nitrogen and oxygen atoms in total. The minimum atomic E-state index is -0.0825. The molecule has 1 amide bonds. The van der Waals surface area contributed by atoms with Crippen molar-refractivity contribution in [2.75, 3.05) is 71.4 Å². The van der Waals surface area contributed by atoms with Crippen molar-refractivity contribution < 1.29 is 9.90 Å². The van der Waals surface area contributed by atoms with E-state index in [0.717, 1.165) is 55.4 Å². The first-order valence-electron chi connectivity index (χ1n) is 11.0. The molecule has 2 N–H and O–H groups in total. The van der Waals surface area contributed by atoms with Crippen molar-refractivity contribution in [1.82, 2.24) is 29.5 Å². The van der Waals surface area contributed by atoms with E-state index >= 15 is 0 Å². The number of hydrogen-bond acceptors (Lipinski definition) is 7. The van der Waals surface area contributed by atoms with Crippen molar-refractivity contribution in [3.05, 3.63) is 48.4 Å². The Hall–Kier alpha value is -3.01. The number of aliphatic hydroxyl groups is 1. The van der Waals surface area contributed by atoms with Gasteiger partial charge in [-0.1, -0.05) is 12.1 Å². The number of nitrogens with zero attached hydrogens (tertiary/aromatic N) is 6. The Morgan fingerprint density at radius 3 is 2.75 bits per heavy atom. The van der Waals surface area contributed by atoms with E-state index in [9.17, 15) is 4.79 Å². The van der Waals surface area contributed by atoms with E-state index in [-0.39, 0.29) is 12.5 Å². The molecule has 0 aliphatic carbocycles. The molecular formula is C23H31N7O2. The standard InChI is InChI=1S/C23H31N7O2/c1-27(2)8-6-25-23(32)19-5-3-4-18(16-19)20-17-26-21(22-24-7-9-30(20)22)29-12-10-28(11-13-29)14-15-31/h3-5,7,9,16-17,31H,6,8,10-15H2,1-2H3,(H,25,32). The Kier molecular flexibility index (Phi) is 6.99. The number of fused-ring (bicyclic) bond motifs is 1. The maximum Gasteiger partial charge on any atom is 0.251 e. The summed E-state index contributed by atoms with van der Waals surface area (Å²) in [5.74, 6) is 0.779. The first-order valence-corrected chi connectivity index (χ1v) is 11.0. The van der Waals surface area contributed by atoms with E-state index in [1.165, 1.54) is 0 Å². The predicted octanol–water partition coefficient (Wildman–Crippen LogP) is 0.802. The van der Waals surface area contributed by atoms with Gasteiger partial charge >= 0.3 is 0 Å². The third-order valence-corrected chi connectivity index (χ3v) is 5.76. The Labute approximate surface area is 188 Å². The molecule has 1 aliphatic heterocycles. The van der Waals surface area contributed by atoms with E-state index in [1.54, 1.807) is 6.20 Å². The number of likely N-dealkylation sites (N-methyl/N-ethyl adjacent to an activating group) is 1. The zero-order valence-corrected chi connectivity index (χ0v) is 18.7. The lowest BCUT2D eigenvalue weighted by Gasteiger charge is -2.35. The van der Waals surface area contributed by atoms with Crippen LogP contribution in [0.25, 0.3) is 16.9 Å². The zero-order chi connectivity index (χ0) is 22.5. The van der Waals surface area contributed by atoms with Crippen molar-refractivity contribution in [2.45, 2.75) is 0 Å². The lowest BCUT2D eigenvalue weighted by molar-refractivity contribution is 0.0951. The summed E-state index contributed by atoms with van der Waals surface area (Å²) in [6.07, 6.45) is 5.57. The van der Waals surface area contributed by atoms with Gasteiger partial charge in [-0.2, -0.15) is 0 Å². The summed E-state index contributed by atoms with van der Waals surface area (Å²) in [6.45, 7) is 5.76. The highest BCUT2D eigenvalue weighted by molar-refractivity contribution is 5.95. The van der Waals surface area contributed by atoms with Crippen LogP contribution in [-0.2, 0) is 0 Å². The number of β-amino-alcohol motifs (C(OH)–C–C–N with tert-alkyl or cyclic N) is 1. The van der Waals surface area contributed by atoms with Crippen LogP contribution in [0, 0.1) is 0 Å². The lowest BCUT2D eigenvalue weighted by Crippen LogP contribution is -2.47. The number of imidazole rings is 1. The van der Waals surface area contributed by atoms with Gasteiger partial charge in [-0.05, 0) is 26.2 Å². The quantitative estimate of drug-likeness (QED) is 0.539. The maximum atomic E-state index is 12.6. The molecule has 0 unspecified atom stereocenters. The Morgan fingerprint density at radius 2 is 2.00 bits per heavy atom. The number of benzene rings is 1. The van der Waals surface area contributed by atoms with Crippen LogP contribution in [0.1, 0.15) is 10.4 Å². The summed E-state index contributed by atoms with van der Waals surface area (Å²) >= 11 is 0. The van der Waals surface area contributed by atoms with Crippen molar-refractivity contribution >= 4 is 17.4 Å². The Morgan fingerprint density at radius 1 is 1.19 bits per heavy atom. The largest absolute Gasteiger partial charge is 0.395 e. The number of carbonyl (C=O) groups excluding carboxylic acids is 1. The number of amides is 1. The van der Waals surface area contributed by atoms with Crippen LogP contribution in [0.15, 0.2) is 42.9 Å². The van der Waals surface area contributed by atoms with Gasteiger partial charge in [0.15, 0.2) is 11.5 Å². The first kappa shape index (κ1) is 22.2. The van der Waals surface area contributed by atoms with Crippen LogP contribution in [0.4, 0.5) is 5.82 Å². The molecule has 3 aromatic rings. The summed E-state index contributed by atoms with van der Waals surface area (Å²) in [4.78, 5) is 28.4. The van der Waals surface area contributed by atoms with Crippen LogP contribution in [0.3, 0.4) is 0 Å². The minimum absolute atomic E-state index is 0.0825. The number of aliphatic hydroxyl groups excluding tert-OH is 1. The topological polar surface area (TPSA) is 89.2 Å². The molecule has 0 radical (unpaired) electrons. The highest BCUT2D eigenvalue weighted by atomic mass is 16.3. The third kappa shape index (κ3) is 4.90. The fourth-order valence-corrected chi connectivity index (χ4v) is 3.98. The van der Waals surface area contributed by atoms with E-state index in [1.807, 2.05) is 60.1 Å². The van der Waals surface area contributed by atoms with Crippen LogP contribution >= 0.6 is 0 Å². The predicted molar refractivity (Wildman–Crippen MR) is 125 cm³/mol. The molecule has 0 saturated carbocycles. The molecule has 9 heteroatoms. The zero-order valence-electron chi connectivity index (χ0n) is 18.7. The van der Waals surface area contributed by atoms with Crippen LogP contribution in [-0.4, -0.2) is 102 Å². The van der Waals surface area contributed by atoms with Gasteiger partial charge in [0.25, 0.3) is 5.91 Å². The van der Waals surface area contributed by atoms with Crippen LogP contribution in [0.5, 0.6) is 0 Å². The highest BCUT2D eigenvalue weighted by Crippen LogP contribution is 2.26. The van der Waals surface area contributed by atoms with Gasteiger partial charge in [-0.15, -0.1) is 0 Å². The van der Waals surface area contributed by atoms with Gasteiger partial charge in [0.2, 0.25) is 0 Å². The van der Waals surface area contributed by atoms with E-state index in [2.05, 4.69) is 20.1 Å². The average Bonchev–Trinajstić information content (AvgIpc) is 3.29. The smallest absolute Gasteiger partial charge is 0.251 e. The Bertz CT molecular complexity index is 1060. The summed E-state index contributed by atoms with van der Waals surface area (Å²) in [6, 6.07) is 7.61. The van der Waals surface area contributed by atoms with Gasteiger partial charge in [0, 0.05) is 69.3 Å². The highest BCUT2D eigenvalue weighted by Gasteiger charge is 2.21. The molecule has 2 aromatic heterocycles. The number of carbonyl (C=O) groups is 1. The van der Waals surface area contributed by atoms with Gasteiger partial charge in [0.1, 0.15) is 0 Å².